The minimum absolute atomic E-state index is 0.0821. The molecule has 0 bridgehead atoms. The smallest absolute Gasteiger partial charge is 0.244 e. The Morgan fingerprint density at radius 1 is 1.18 bits per heavy atom. The van der Waals surface area contributed by atoms with E-state index in [2.05, 4.69) is 25.6 Å². The van der Waals surface area contributed by atoms with Crippen molar-refractivity contribution in [3.8, 4) is 10.6 Å². The van der Waals surface area contributed by atoms with Crippen LogP contribution in [-0.4, -0.2) is 74.6 Å². The van der Waals surface area contributed by atoms with Gasteiger partial charge in [0.25, 0.3) is 0 Å². The van der Waals surface area contributed by atoms with Gasteiger partial charge in [0.05, 0.1) is 46.3 Å². The van der Waals surface area contributed by atoms with Crippen LogP contribution < -0.4 is 10.6 Å². The van der Waals surface area contributed by atoms with Crippen molar-refractivity contribution in [1.82, 2.24) is 19.9 Å². The first-order valence-corrected chi connectivity index (χ1v) is 11.8. The summed E-state index contributed by atoms with van der Waals surface area (Å²) in [6, 6.07) is 0.977. The number of fused-ring (bicyclic) bond motifs is 1. The lowest BCUT2D eigenvalue weighted by Gasteiger charge is -2.22. The number of aromatic nitrogens is 4. The van der Waals surface area contributed by atoms with Gasteiger partial charge >= 0.3 is 0 Å². The van der Waals surface area contributed by atoms with Crippen LogP contribution in [0.4, 0.5) is 20.5 Å². The summed E-state index contributed by atoms with van der Waals surface area (Å²) in [6.45, 7) is 6.03. The van der Waals surface area contributed by atoms with Crippen LogP contribution in [0.1, 0.15) is 24.7 Å². The quantitative estimate of drug-likeness (QED) is 0.374. The Bertz CT molecular complexity index is 1160. The van der Waals surface area contributed by atoms with Crippen LogP contribution >= 0.6 is 11.3 Å². The summed E-state index contributed by atoms with van der Waals surface area (Å²) in [4.78, 5) is 18.2. The molecule has 5 atom stereocenters. The topological polar surface area (TPSA) is 125 Å². The average Bonchev–Trinajstić information content (AvgIpc) is 3.31. The number of nitrogens with zero attached hydrogens (tertiary/aromatic N) is 4. The molecule has 0 aromatic carbocycles. The van der Waals surface area contributed by atoms with Gasteiger partial charge in [-0.15, -0.1) is 11.3 Å². The van der Waals surface area contributed by atoms with Crippen molar-refractivity contribution in [2.45, 2.75) is 57.9 Å². The first-order chi connectivity index (χ1) is 16.2. The maximum atomic E-state index is 13.4. The second kappa shape index (κ2) is 9.98. The maximum absolute atomic E-state index is 13.4. The number of aryl methyl sites for hydroxylation is 2. The van der Waals surface area contributed by atoms with E-state index in [1.54, 1.807) is 13.3 Å². The fraction of sp³-hybridized carbons (Fsp3) is 0.545. The molecule has 4 N–H and O–H groups in total. The third-order valence-corrected chi connectivity index (χ3v) is 7.00. The number of anilines is 2. The van der Waals surface area contributed by atoms with Crippen molar-refractivity contribution in [1.29, 1.82) is 0 Å². The Labute approximate surface area is 199 Å². The number of pyridine rings is 1. The number of thiazole rings is 1. The maximum Gasteiger partial charge on any atom is 0.244 e. The second-order valence-electron chi connectivity index (χ2n) is 8.59. The zero-order valence-corrected chi connectivity index (χ0v) is 20.1. The van der Waals surface area contributed by atoms with Crippen molar-refractivity contribution in [3.05, 3.63) is 23.7 Å². The number of rotatable bonds is 8. The van der Waals surface area contributed by atoms with E-state index < -0.39 is 30.6 Å². The molecule has 1 fully saturated rings. The fourth-order valence-corrected chi connectivity index (χ4v) is 5.34. The SMILES string of the molecule is COC[C@@H](C)Nc1nc(C)c(-c2nc3c(C)nccc3s2)c(N[C@@H]2C[C@H](C(F)F)[C@@H](O)[C@H]2O)n1. The number of nitrogens with one attached hydrogen (secondary N) is 2. The molecule has 0 amide bonds. The van der Waals surface area contributed by atoms with Crippen LogP contribution in [-0.2, 0) is 4.74 Å². The van der Waals surface area contributed by atoms with Crippen molar-refractivity contribution >= 4 is 33.3 Å². The number of alkyl halides is 2. The van der Waals surface area contributed by atoms with Gasteiger partial charge in [0.2, 0.25) is 12.4 Å². The lowest BCUT2D eigenvalue weighted by molar-refractivity contribution is -0.0333. The third kappa shape index (κ3) is 4.81. The van der Waals surface area contributed by atoms with Gasteiger partial charge in [-0.1, -0.05) is 0 Å². The summed E-state index contributed by atoms with van der Waals surface area (Å²) in [5.74, 6) is -0.657. The van der Waals surface area contributed by atoms with E-state index in [4.69, 9.17) is 9.72 Å². The largest absolute Gasteiger partial charge is 0.390 e. The van der Waals surface area contributed by atoms with E-state index in [1.165, 1.54) is 11.3 Å². The van der Waals surface area contributed by atoms with Crippen LogP contribution in [0, 0.1) is 19.8 Å². The molecule has 184 valence electrons. The van der Waals surface area contributed by atoms with Crippen molar-refractivity contribution in [2.24, 2.45) is 5.92 Å². The lowest BCUT2D eigenvalue weighted by Crippen LogP contribution is -2.36. The van der Waals surface area contributed by atoms with Crippen LogP contribution in [0.25, 0.3) is 20.8 Å². The number of methoxy groups -OCH3 is 1. The van der Waals surface area contributed by atoms with E-state index >= 15 is 0 Å². The summed E-state index contributed by atoms with van der Waals surface area (Å²) in [7, 11) is 1.59. The predicted octanol–water partition coefficient (Wildman–Crippen LogP) is 3.00. The molecule has 0 saturated heterocycles. The van der Waals surface area contributed by atoms with Gasteiger partial charge < -0.3 is 25.6 Å². The average molecular weight is 495 g/mol. The van der Waals surface area contributed by atoms with Gasteiger partial charge in [-0.25, -0.2) is 18.7 Å². The number of aliphatic hydroxyl groups excluding tert-OH is 2. The number of hydrogen-bond acceptors (Lipinski definition) is 10. The van der Waals surface area contributed by atoms with Crippen molar-refractivity contribution in [3.63, 3.8) is 0 Å². The summed E-state index contributed by atoms with van der Waals surface area (Å²) in [5.41, 5.74) is 2.77. The Hall–Kier alpha value is -2.54. The highest BCUT2D eigenvalue weighted by Crippen LogP contribution is 2.39. The molecule has 3 heterocycles. The van der Waals surface area contributed by atoms with Crippen LogP contribution in [0.2, 0.25) is 0 Å². The molecular weight excluding hydrogens is 466 g/mol. The normalized spacial score (nSPS) is 23.6. The monoisotopic (exact) mass is 494 g/mol. The fourth-order valence-electron chi connectivity index (χ4n) is 4.23. The minimum atomic E-state index is -2.74. The molecule has 0 spiro atoms. The molecule has 9 nitrogen and oxygen atoms in total. The molecular formula is C22H28F2N6O3S. The highest BCUT2D eigenvalue weighted by atomic mass is 32.1. The third-order valence-electron chi connectivity index (χ3n) is 5.96. The summed E-state index contributed by atoms with van der Waals surface area (Å²) in [5, 5.41) is 27.5. The van der Waals surface area contributed by atoms with Crippen LogP contribution in [0.3, 0.4) is 0 Å². The van der Waals surface area contributed by atoms with Crippen molar-refractivity contribution in [2.75, 3.05) is 24.4 Å². The highest BCUT2D eigenvalue weighted by molar-refractivity contribution is 7.21. The molecule has 1 aliphatic carbocycles. The molecule has 34 heavy (non-hydrogen) atoms. The molecule has 1 saturated carbocycles. The molecule has 3 aromatic rings. The molecule has 0 radical (unpaired) electrons. The van der Waals surface area contributed by atoms with Crippen molar-refractivity contribution < 1.29 is 23.7 Å². The van der Waals surface area contributed by atoms with E-state index in [1.807, 2.05) is 26.8 Å². The number of ether oxygens (including phenoxy) is 1. The minimum Gasteiger partial charge on any atom is -0.390 e. The highest BCUT2D eigenvalue weighted by Gasteiger charge is 2.46. The molecule has 1 aliphatic rings. The van der Waals surface area contributed by atoms with E-state index in [0.29, 0.717) is 34.6 Å². The predicted molar refractivity (Wildman–Crippen MR) is 126 cm³/mol. The van der Waals surface area contributed by atoms with Crippen LogP contribution in [0.5, 0.6) is 0 Å². The Morgan fingerprint density at radius 3 is 2.59 bits per heavy atom. The zero-order chi connectivity index (χ0) is 24.6. The molecule has 3 aromatic heterocycles. The molecule has 12 heteroatoms. The van der Waals surface area contributed by atoms with Gasteiger partial charge in [-0.05, 0) is 33.3 Å². The van der Waals surface area contributed by atoms with Gasteiger partial charge in [0.15, 0.2) is 0 Å². The Morgan fingerprint density at radius 2 is 1.94 bits per heavy atom. The standard InChI is InChI=1S/C22H28F2N6O3S/c1-9(8-33-4)26-22-27-10(2)15(21-29-16-11(3)25-6-5-14(16)34-21)20(30-22)28-13-7-12(19(23)24)17(31)18(13)32/h5-6,9,12-13,17-19,31-32H,7-8H2,1-4H3,(H2,26,27,28,30)/t9-,12+,13-,17-,18+/m1/s1. The Balaban J connectivity index is 1.76. The second-order valence-corrected chi connectivity index (χ2v) is 9.62. The molecule has 0 aliphatic heterocycles. The van der Waals surface area contributed by atoms with Gasteiger partial charge in [0.1, 0.15) is 22.4 Å². The number of hydrogen-bond donors (Lipinski definition) is 4. The van der Waals surface area contributed by atoms with Gasteiger partial charge in [-0.2, -0.15) is 4.98 Å². The van der Waals surface area contributed by atoms with Gasteiger partial charge in [0, 0.05) is 19.3 Å². The molecule has 4 rings (SSSR count). The zero-order valence-electron chi connectivity index (χ0n) is 19.3. The first kappa shape index (κ1) is 24.6. The van der Waals surface area contributed by atoms with Gasteiger partial charge in [-0.3, -0.25) is 4.98 Å². The number of aliphatic hydroxyl groups is 2. The first-order valence-electron chi connectivity index (χ1n) is 11.0. The van der Waals surface area contributed by atoms with Crippen LogP contribution in [0.15, 0.2) is 12.3 Å². The summed E-state index contributed by atoms with van der Waals surface area (Å²) in [6.07, 6.45) is -4.02. The molecule has 0 unspecified atom stereocenters. The lowest BCUT2D eigenvalue weighted by atomic mass is 10.1. The number of halogens is 2. The van der Waals surface area contributed by atoms with E-state index in [-0.39, 0.29) is 12.5 Å². The summed E-state index contributed by atoms with van der Waals surface area (Å²) < 4.78 is 32.8. The Kier molecular flexibility index (Phi) is 7.22. The van der Waals surface area contributed by atoms with E-state index in [9.17, 15) is 19.0 Å². The van der Waals surface area contributed by atoms with E-state index in [0.717, 1.165) is 15.9 Å². The summed E-state index contributed by atoms with van der Waals surface area (Å²) >= 11 is 1.44.